The van der Waals surface area contributed by atoms with Gasteiger partial charge in [0.05, 0.1) is 0 Å². The molecule has 0 N–H and O–H groups in total. The van der Waals surface area contributed by atoms with E-state index in [9.17, 15) is 22.0 Å². The molecule has 182 valence electrons. The lowest BCUT2D eigenvalue weighted by Crippen LogP contribution is -2.16. The Bertz CT molecular complexity index is 1060. The summed E-state index contributed by atoms with van der Waals surface area (Å²) in [6.07, 6.45) is -4.74. The second-order valence-corrected chi connectivity index (χ2v) is 6.55. The molecule has 2 unspecified atom stereocenters. The molecule has 0 saturated carbocycles. The average Bonchev–Trinajstić information content (AvgIpc) is 3.31. The van der Waals surface area contributed by atoms with Crippen LogP contribution in [-0.4, -0.2) is 25.5 Å². The van der Waals surface area contributed by atoms with E-state index in [0.29, 0.717) is 5.56 Å². The first kappa shape index (κ1) is 27.3. The lowest BCUT2D eigenvalue weighted by atomic mass is 10.0. The predicted octanol–water partition coefficient (Wildman–Crippen LogP) is 7.30. The molecule has 2 atom stereocenters. The SMILES string of the molecule is CC.C[PH3+].Fc1cccc(F)c1C1=NC(c2ccc(-c3ccc(OC(F)(F)F)cc3)cc2)CO1. The van der Waals surface area contributed by atoms with Gasteiger partial charge in [0.1, 0.15) is 35.6 Å². The van der Waals surface area contributed by atoms with Crippen LogP contribution in [0.1, 0.15) is 31.0 Å². The van der Waals surface area contributed by atoms with Crippen molar-refractivity contribution in [3.8, 4) is 16.9 Å². The molecule has 34 heavy (non-hydrogen) atoms. The fourth-order valence-electron chi connectivity index (χ4n) is 3.13. The van der Waals surface area contributed by atoms with Crippen LogP contribution in [0, 0.1) is 11.6 Å². The van der Waals surface area contributed by atoms with Gasteiger partial charge in [0.2, 0.25) is 5.90 Å². The van der Waals surface area contributed by atoms with Crippen LogP contribution in [0.15, 0.2) is 71.7 Å². The Morgan fingerprint density at radius 1 is 0.853 bits per heavy atom. The van der Waals surface area contributed by atoms with Gasteiger partial charge in [-0.15, -0.1) is 13.2 Å². The van der Waals surface area contributed by atoms with Gasteiger partial charge in [-0.05, 0) is 50.2 Å². The summed E-state index contributed by atoms with van der Waals surface area (Å²) in [5, 5.41) is 0. The third kappa shape index (κ3) is 7.00. The lowest BCUT2D eigenvalue weighted by Gasteiger charge is -2.10. The molecule has 0 saturated heterocycles. The monoisotopic (exact) mass is 498 g/mol. The van der Waals surface area contributed by atoms with Crippen LogP contribution in [-0.2, 0) is 4.74 Å². The Kier molecular flexibility index (Phi) is 9.99. The third-order valence-corrected chi connectivity index (χ3v) is 4.54. The minimum Gasteiger partial charge on any atom is -0.475 e. The minimum absolute atomic E-state index is 0.0834. The summed E-state index contributed by atoms with van der Waals surface area (Å²) in [5.41, 5.74) is 1.97. The van der Waals surface area contributed by atoms with E-state index in [1.54, 1.807) is 24.3 Å². The molecule has 3 aromatic carbocycles. The minimum atomic E-state index is -4.74. The first-order valence-electron chi connectivity index (χ1n) is 10.6. The van der Waals surface area contributed by atoms with Crippen LogP contribution in [0.2, 0.25) is 0 Å². The number of hydrogen-bond acceptors (Lipinski definition) is 3. The number of ether oxygens (including phenoxy) is 2. The van der Waals surface area contributed by atoms with Crippen LogP contribution in [0.5, 0.6) is 5.75 Å². The molecule has 0 bridgehead atoms. The normalized spacial score (nSPS) is 14.7. The van der Waals surface area contributed by atoms with Gasteiger partial charge in [0.15, 0.2) is 0 Å². The van der Waals surface area contributed by atoms with Gasteiger partial charge in [-0.1, -0.05) is 56.3 Å². The molecular weight excluding hydrogens is 472 g/mol. The number of aliphatic imine (C=N–C) groups is 1. The summed E-state index contributed by atoms with van der Waals surface area (Å²) in [5.74, 6) is -1.88. The van der Waals surface area contributed by atoms with Crippen molar-refractivity contribution in [3.63, 3.8) is 0 Å². The zero-order valence-electron chi connectivity index (χ0n) is 19.0. The second kappa shape index (κ2) is 12.5. The van der Waals surface area contributed by atoms with E-state index in [1.165, 1.54) is 30.3 Å². The van der Waals surface area contributed by atoms with Gasteiger partial charge < -0.3 is 9.47 Å². The van der Waals surface area contributed by atoms with Crippen molar-refractivity contribution in [3.05, 3.63) is 89.5 Å². The molecule has 0 spiro atoms. The van der Waals surface area contributed by atoms with E-state index >= 15 is 0 Å². The van der Waals surface area contributed by atoms with Gasteiger partial charge in [0.25, 0.3) is 0 Å². The highest BCUT2D eigenvalue weighted by Crippen LogP contribution is 2.30. The Hall–Kier alpha value is -2.99. The molecular formula is C25H26F5NO2P+. The van der Waals surface area contributed by atoms with Crippen molar-refractivity contribution in [1.29, 1.82) is 0 Å². The third-order valence-electron chi connectivity index (χ3n) is 4.54. The van der Waals surface area contributed by atoms with Gasteiger partial charge in [-0.3, -0.25) is 0 Å². The van der Waals surface area contributed by atoms with Crippen molar-refractivity contribution < 1.29 is 31.4 Å². The highest BCUT2D eigenvalue weighted by molar-refractivity contribution is 7.15. The molecule has 4 rings (SSSR count). The zero-order chi connectivity index (χ0) is 25.3. The summed E-state index contributed by atoms with van der Waals surface area (Å²) in [7, 11) is 1.86. The van der Waals surface area contributed by atoms with E-state index in [-0.39, 0.29) is 23.8 Å². The lowest BCUT2D eigenvalue weighted by molar-refractivity contribution is -0.274. The number of nitrogens with zero attached hydrogens (tertiary/aromatic N) is 1. The molecule has 0 amide bonds. The van der Waals surface area contributed by atoms with E-state index in [1.807, 2.05) is 29.8 Å². The standard InChI is InChI=1S/C22H14F5NO2.C2H6.CH5P/c23-17-2-1-3-18(24)20(17)21-28-19(12-29-21)15-6-4-13(5-7-15)14-8-10-16(11-9-14)30-22(25,26)27;2*1-2/h1-11,19H,12H2;1-2H3;2H2,1H3/p+1. The van der Waals surface area contributed by atoms with Crippen molar-refractivity contribution in [2.45, 2.75) is 26.3 Å². The predicted molar refractivity (Wildman–Crippen MR) is 129 cm³/mol. The van der Waals surface area contributed by atoms with Crippen LogP contribution in [0.4, 0.5) is 22.0 Å². The molecule has 1 aliphatic rings. The number of hydrogen-bond donors (Lipinski definition) is 0. The van der Waals surface area contributed by atoms with Gasteiger partial charge >= 0.3 is 6.36 Å². The number of alkyl halides is 3. The van der Waals surface area contributed by atoms with E-state index < -0.39 is 24.0 Å². The van der Waals surface area contributed by atoms with Crippen LogP contribution in [0.25, 0.3) is 11.1 Å². The number of rotatable bonds is 4. The molecule has 1 aliphatic heterocycles. The summed E-state index contributed by atoms with van der Waals surface area (Å²) in [4.78, 5) is 4.29. The number of benzene rings is 3. The maximum absolute atomic E-state index is 13.9. The summed E-state index contributed by atoms with van der Waals surface area (Å²) < 4.78 is 73.9. The van der Waals surface area contributed by atoms with Crippen LogP contribution < -0.4 is 4.74 Å². The van der Waals surface area contributed by atoms with Gasteiger partial charge in [-0.25, -0.2) is 13.8 Å². The Morgan fingerprint density at radius 2 is 1.35 bits per heavy atom. The Balaban J connectivity index is 0.000000970. The topological polar surface area (TPSA) is 30.8 Å². The molecule has 0 fully saturated rings. The fraction of sp³-hybridized carbons (Fsp3) is 0.240. The average molecular weight is 498 g/mol. The van der Waals surface area contributed by atoms with Crippen molar-refractivity contribution in [2.75, 3.05) is 13.3 Å². The van der Waals surface area contributed by atoms with Crippen molar-refractivity contribution >= 4 is 15.1 Å². The summed E-state index contributed by atoms with van der Waals surface area (Å²) in [6, 6.07) is 15.8. The molecule has 0 aromatic heterocycles. The molecule has 0 radical (unpaired) electrons. The summed E-state index contributed by atoms with van der Waals surface area (Å²) >= 11 is 0. The Morgan fingerprint density at radius 3 is 1.85 bits per heavy atom. The fourth-order valence-corrected chi connectivity index (χ4v) is 3.13. The van der Waals surface area contributed by atoms with Crippen molar-refractivity contribution in [2.24, 2.45) is 4.99 Å². The largest absolute Gasteiger partial charge is 0.573 e. The highest BCUT2D eigenvalue weighted by atomic mass is 31.0. The zero-order valence-corrected chi connectivity index (χ0v) is 20.4. The van der Waals surface area contributed by atoms with E-state index in [2.05, 4.69) is 9.73 Å². The molecule has 3 nitrogen and oxygen atoms in total. The number of halogens is 5. The van der Waals surface area contributed by atoms with Gasteiger partial charge in [0, 0.05) is 6.66 Å². The quantitative estimate of drug-likeness (QED) is 0.279. The van der Waals surface area contributed by atoms with Crippen molar-refractivity contribution in [1.82, 2.24) is 0 Å². The van der Waals surface area contributed by atoms with Gasteiger partial charge in [-0.2, -0.15) is 0 Å². The van der Waals surface area contributed by atoms with Crippen LogP contribution in [0.3, 0.4) is 0 Å². The maximum Gasteiger partial charge on any atom is 0.573 e. The Labute approximate surface area is 197 Å². The first-order chi connectivity index (χ1) is 16.3. The molecule has 1 heterocycles. The molecule has 9 heteroatoms. The van der Waals surface area contributed by atoms with E-state index in [4.69, 9.17) is 4.74 Å². The summed E-state index contributed by atoms with van der Waals surface area (Å²) in [6.45, 7) is 6.17. The van der Waals surface area contributed by atoms with Crippen LogP contribution >= 0.6 is 9.24 Å². The highest BCUT2D eigenvalue weighted by Gasteiger charge is 2.31. The van der Waals surface area contributed by atoms with E-state index in [0.717, 1.165) is 23.3 Å². The maximum atomic E-state index is 13.9. The smallest absolute Gasteiger partial charge is 0.475 e. The molecule has 3 aromatic rings. The second-order valence-electron chi connectivity index (χ2n) is 6.55. The first-order valence-corrected chi connectivity index (χ1v) is 12.0. The molecule has 0 aliphatic carbocycles.